The molecular weight excluding hydrogens is 504 g/mol. The summed E-state index contributed by atoms with van der Waals surface area (Å²) in [5.74, 6) is 0.000230. The molecule has 1 aromatic rings. The van der Waals surface area contributed by atoms with Crippen molar-refractivity contribution < 1.29 is 28.9 Å². The van der Waals surface area contributed by atoms with Gasteiger partial charge in [0.15, 0.2) is 12.1 Å². The van der Waals surface area contributed by atoms with Gasteiger partial charge >= 0.3 is 5.97 Å². The van der Waals surface area contributed by atoms with Crippen molar-refractivity contribution in [2.75, 3.05) is 13.7 Å². The number of esters is 1. The maximum Gasteiger partial charge on any atom is 0.314 e. The lowest BCUT2D eigenvalue weighted by Crippen LogP contribution is -2.63. The molecule has 1 saturated heterocycles. The van der Waals surface area contributed by atoms with E-state index >= 15 is 0 Å². The van der Waals surface area contributed by atoms with E-state index < -0.39 is 16.9 Å². The smallest absolute Gasteiger partial charge is 0.314 e. The highest BCUT2D eigenvalue weighted by atomic mass is 16.7. The molecule has 4 aliphatic carbocycles. The van der Waals surface area contributed by atoms with Gasteiger partial charge in [0.2, 0.25) is 0 Å². The SMILES string of the molecule is CO[C@@H]1C[C@@](O)([C@@H]2CC=C3[C@]4(C)C[C@@H](C(=O)Oc5ccccc5)[C@H]5C(C)(C)C(=O)C=C[C@@]5(C)[C@H]4CC[C@@]32C)CO1. The number of para-hydroxylation sites is 1. The minimum atomic E-state index is -0.956. The minimum absolute atomic E-state index is 0.0214. The first kappa shape index (κ1) is 27.9. The van der Waals surface area contributed by atoms with Gasteiger partial charge in [-0.05, 0) is 72.0 Å². The number of aliphatic hydroxyl groups is 1. The van der Waals surface area contributed by atoms with Gasteiger partial charge in [0.25, 0.3) is 0 Å². The van der Waals surface area contributed by atoms with Crippen LogP contribution in [0.15, 0.2) is 54.1 Å². The summed E-state index contributed by atoms with van der Waals surface area (Å²) in [6.07, 6.45) is 9.65. The molecule has 1 aliphatic heterocycles. The van der Waals surface area contributed by atoms with Gasteiger partial charge in [0.05, 0.1) is 18.1 Å². The molecular formula is C34H44O6. The van der Waals surface area contributed by atoms with Gasteiger partial charge in [-0.1, -0.05) is 70.5 Å². The van der Waals surface area contributed by atoms with Crippen molar-refractivity contribution in [3.8, 4) is 5.75 Å². The Labute approximate surface area is 238 Å². The zero-order valence-electron chi connectivity index (χ0n) is 24.7. The van der Waals surface area contributed by atoms with Crippen molar-refractivity contribution in [3.63, 3.8) is 0 Å². The largest absolute Gasteiger partial charge is 0.426 e. The fraction of sp³-hybridized carbons (Fsp3) is 0.647. The molecule has 0 bridgehead atoms. The second kappa shape index (κ2) is 9.11. The molecule has 1 N–H and O–H groups in total. The monoisotopic (exact) mass is 548 g/mol. The normalized spacial score (nSPS) is 45.3. The topological polar surface area (TPSA) is 82.1 Å². The van der Waals surface area contributed by atoms with Gasteiger partial charge in [0, 0.05) is 24.9 Å². The molecule has 5 aliphatic rings. The van der Waals surface area contributed by atoms with Gasteiger partial charge in [-0.15, -0.1) is 0 Å². The third-order valence-corrected chi connectivity index (χ3v) is 12.0. The van der Waals surface area contributed by atoms with E-state index in [0.29, 0.717) is 18.6 Å². The summed E-state index contributed by atoms with van der Waals surface area (Å²) in [6.45, 7) is 11.2. The zero-order chi connectivity index (χ0) is 28.7. The highest BCUT2D eigenvalue weighted by molar-refractivity contribution is 5.96. The van der Waals surface area contributed by atoms with Crippen LogP contribution in [0.4, 0.5) is 0 Å². The number of rotatable bonds is 4. The fourth-order valence-electron chi connectivity index (χ4n) is 10.4. The summed E-state index contributed by atoms with van der Waals surface area (Å²) in [6, 6.07) is 9.24. The van der Waals surface area contributed by atoms with E-state index in [9.17, 15) is 14.7 Å². The van der Waals surface area contributed by atoms with Gasteiger partial charge in [-0.25, -0.2) is 0 Å². The second-order valence-corrected chi connectivity index (χ2v) is 14.4. The van der Waals surface area contributed by atoms with Crippen molar-refractivity contribution in [1.82, 2.24) is 0 Å². The summed E-state index contributed by atoms with van der Waals surface area (Å²) in [7, 11) is 1.63. The third-order valence-electron chi connectivity index (χ3n) is 12.0. The Bertz CT molecular complexity index is 1270. The molecule has 1 aromatic carbocycles. The molecule has 40 heavy (non-hydrogen) atoms. The summed E-state index contributed by atoms with van der Waals surface area (Å²) < 4.78 is 17.3. The molecule has 0 aromatic heterocycles. The standard InChI is InChI=1S/C34H44O6/c1-30(2)26(35)15-17-32(4)24-14-16-31(3)23(12-13-25(31)34(37)19-27(38-6)39-20-34)33(24,5)18-22(28(30)32)29(36)40-21-10-8-7-9-11-21/h7-12,15,17,22,24-25,27-28,37H,13-14,16,18-20H2,1-6H3/t22-,24-,25-,27+,28+,31+,32+,33+,34+/m1/s1. The van der Waals surface area contributed by atoms with Crippen molar-refractivity contribution in [1.29, 1.82) is 0 Å². The van der Waals surface area contributed by atoms with E-state index in [1.54, 1.807) is 25.3 Å². The van der Waals surface area contributed by atoms with E-state index in [1.807, 2.05) is 32.0 Å². The van der Waals surface area contributed by atoms with E-state index in [2.05, 4.69) is 32.9 Å². The van der Waals surface area contributed by atoms with Crippen molar-refractivity contribution in [3.05, 3.63) is 54.1 Å². The molecule has 2 saturated carbocycles. The second-order valence-electron chi connectivity index (χ2n) is 14.4. The number of fused-ring (bicyclic) bond motifs is 5. The van der Waals surface area contributed by atoms with Crippen molar-refractivity contribution >= 4 is 11.8 Å². The number of hydrogen-bond acceptors (Lipinski definition) is 6. The molecule has 6 heteroatoms. The zero-order valence-corrected chi connectivity index (χ0v) is 24.7. The first-order valence-electron chi connectivity index (χ1n) is 14.9. The van der Waals surface area contributed by atoms with Crippen LogP contribution in [0.2, 0.25) is 0 Å². The number of hydrogen-bond donors (Lipinski definition) is 1. The summed E-state index contributed by atoms with van der Waals surface area (Å²) in [5, 5.41) is 11.9. The Kier molecular flexibility index (Phi) is 6.35. The molecule has 0 radical (unpaired) electrons. The van der Waals surface area contributed by atoms with E-state index in [1.165, 1.54) is 5.57 Å². The number of allylic oxidation sites excluding steroid dienone is 4. The molecule has 0 amide bonds. The summed E-state index contributed by atoms with van der Waals surface area (Å²) in [4.78, 5) is 27.4. The lowest BCUT2D eigenvalue weighted by Gasteiger charge is -2.66. The Hall–Kier alpha value is -2.28. The van der Waals surface area contributed by atoms with Gasteiger partial charge in [-0.3, -0.25) is 9.59 Å². The highest BCUT2D eigenvalue weighted by Gasteiger charge is 2.69. The van der Waals surface area contributed by atoms with E-state index in [-0.39, 0.29) is 58.6 Å². The molecule has 0 spiro atoms. The maximum atomic E-state index is 14.1. The van der Waals surface area contributed by atoms with Crippen LogP contribution in [0.25, 0.3) is 0 Å². The third kappa shape index (κ3) is 3.78. The number of carbonyl (C=O) groups excluding carboxylic acids is 2. The Morgan fingerprint density at radius 1 is 1.02 bits per heavy atom. The quantitative estimate of drug-likeness (QED) is 0.287. The van der Waals surface area contributed by atoms with Crippen LogP contribution in [0, 0.1) is 45.3 Å². The average molecular weight is 549 g/mol. The molecule has 6 nitrogen and oxygen atoms in total. The average Bonchev–Trinajstić information content (AvgIpc) is 3.47. The van der Waals surface area contributed by atoms with Gasteiger partial charge in [-0.2, -0.15) is 0 Å². The van der Waals surface area contributed by atoms with Gasteiger partial charge < -0.3 is 19.3 Å². The van der Waals surface area contributed by atoms with E-state index in [0.717, 1.165) is 19.3 Å². The maximum absolute atomic E-state index is 14.1. The number of ether oxygens (including phenoxy) is 3. The van der Waals surface area contributed by atoms with Gasteiger partial charge in [0.1, 0.15) is 5.75 Å². The molecule has 1 heterocycles. The minimum Gasteiger partial charge on any atom is -0.426 e. The lowest BCUT2D eigenvalue weighted by molar-refractivity contribution is -0.172. The molecule has 216 valence electrons. The van der Waals surface area contributed by atoms with Crippen LogP contribution in [0.5, 0.6) is 5.75 Å². The van der Waals surface area contributed by atoms with Crippen LogP contribution in [0.1, 0.15) is 66.7 Å². The first-order chi connectivity index (χ1) is 18.8. The predicted octanol–water partition coefficient (Wildman–Crippen LogP) is 5.89. The Morgan fingerprint density at radius 3 is 2.42 bits per heavy atom. The van der Waals surface area contributed by atoms with Crippen LogP contribution >= 0.6 is 0 Å². The van der Waals surface area contributed by atoms with Crippen molar-refractivity contribution in [2.24, 2.45) is 45.3 Å². The first-order valence-corrected chi connectivity index (χ1v) is 14.9. The number of benzene rings is 1. The molecule has 3 fully saturated rings. The van der Waals surface area contributed by atoms with Crippen LogP contribution < -0.4 is 4.74 Å². The summed E-state index contributed by atoms with van der Waals surface area (Å²) in [5.41, 5.74) is -1.15. The molecule has 6 rings (SSSR count). The summed E-state index contributed by atoms with van der Waals surface area (Å²) >= 11 is 0. The number of ketones is 1. The van der Waals surface area contributed by atoms with Crippen LogP contribution in [-0.4, -0.2) is 42.5 Å². The van der Waals surface area contributed by atoms with Crippen molar-refractivity contribution in [2.45, 2.75) is 78.6 Å². The van der Waals surface area contributed by atoms with E-state index in [4.69, 9.17) is 14.2 Å². The number of methoxy groups -OCH3 is 1. The predicted molar refractivity (Wildman–Crippen MR) is 151 cm³/mol. The number of carbonyl (C=O) groups is 2. The lowest BCUT2D eigenvalue weighted by atomic mass is 9.37. The Morgan fingerprint density at radius 2 is 1.75 bits per heavy atom. The van der Waals surface area contributed by atoms with Crippen LogP contribution in [0.3, 0.4) is 0 Å². The molecule has 0 unspecified atom stereocenters. The fourth-order valence-corrected chi connectivity index (χ4v) is 10.4. The highest BCUT2D eigenvalue weighted by Crippen LogP contribution is 2.73. The van der Waals surface area contributed by atoms with Crippen LogP contribution in [-0.2, 0) is 19.1 Å². The molecule has 9 atom stereocenters. The Balaban J connectivity index is 1.41.